The Bertz CT molecular complexity index is 478. The summed E-state index contributed by atoms with van der Waals surface area (Å²) in [7, 11) is 1.61. The first-order valence-electron chi connectivity index (χ1n) is 6.82. The third-order valence-corrected chi connectivity index (χ3v) is 3.34. The molecule has 0 bridgehead atoms. The van der Waals surface area contributed by atoms with E-state index in [-0.39, 0.29) is 6.04 Å². The first kappa shape index (κ1) is 14.6. The second-order valence-corrected chi connectivity index (χ2v) is 4.52. The number of rotatable bonds is 5. The average Bonchev–Trinajstić information content (AvgIpc) is 2.50. The normalized spacial score (nSPS) is 17.2. The Morgan fingerprint density at radius 3 is 2.70 bits per heavy atom. The average molecular weight is 276 g/mol. The third-order valence-electron chi connectivity index (χ3n) is 3.34. The molecule has 20 heavy (non-hydrogen) atoms. The topological polar surface area (TPSA) is 54.7 Å². The summed E-state index contributed by atoms with van der Waals surface area (Å²) < 4.78 is 16.2. The lowest BCUT2D eigenvalue weighted by atomic mass is 10.1. The highest BCUT2D eigenvalue weighted by Gasteiger charge is 2.23. The fourth-order valence-electron chi connectivity index (χ4n) is 2.33. The van der Waals surface area contributed by atoms with E-state index in [1.54, 1.807) is 7.11 Å². The van der Waals surface area contributed by atoms with Crippen LogP contribution in [-0.2, 0) is 4.74 Å². The fourth-order valence-corrected chi connectivity index (χ4v) is 2.33. The zero-order valence-electron chi connectivity index (χ0n) is 12.0. The molecule has 1 aromatic carbocycles. The van der Waals surface area contributed by atoms with E-state index in [0.29, 0.717) is 31.3 Å². The second kappa shape index (κ2) is 7.13. The molecular formula is C15H20N2O3. The summed E-state index contributed by atoms with van der Waals surface area (Å²) in [5.74, 6) is 1.37. The van der Waals surface area contributed by atoms with Crippen LogP contribution in [0.15, 0.2) is 18.2 Å². The summed E-state index contributed by atoms with van der Waals surface area (Å²) in [5.41, 5.74) is 0.926. The molecule has 5 heteroatoms. The SMILES string of the molecule is CCOc1ccc([C@H](C#N)N2CCOCC2)cc1OC. The minimum atomic E-state index is -0.275. The smallest absolute Gasteiger partial charge is 0.161 e. The number of ether oxygens (including phenoxy) is 3. The molecule has 0 N–H and O–H groups in total. The van der Waals surface area contributed by atoms with Crippen molar-refractivity contribution in [2.45, 2.75) is 13.0 Å². The predicted octanol–water partition coefficient (Wildman–Crippen LogP) is 1.99. The molecule has 1 fully saturated rings. The lowest BCUT2D eigenvalue weighted by Gasteiger charge is -2.30. The standard InChI is InChI=1S/C15H20N2O3/c1-3-20-14-5-4-12(10-15(14)18-2)13(11-16)17-6-8-19-9-7-17/h4-5,10,13H,3,6-9H2,1-2H3/t13-/m0/s1. The van der Waals surface area contributed by atoms with Crippen LogP contribution in [0.2, 0.25) is 0 Å². The number of hydrogen-bond acceptors (Lipinski definition) is 5. The van der Waals surface area contributed by atoms with Crippen LogP contribution in [0.3, 0.4) is 0 Å². The molecule has 1 atom stereocenters. The van der Waals surface area contributed by atoms with Crippen molar-refractivity contribution in [3.63, 3.8) is 0 Å². The Morgan fingerprint density at radius 2 is 2.10 bits per heavy atom. The van der Waals surface area contributed by atoms with E-state index in [4.69, 9.17) is 14.2 Å². The van der Waals surface area contributed by atoms with Crippen molar-refractivity contribution in [1.82, 2.24) is 4.90 Å². The minimum absolute atomic E-state index is 0.275. The van der Waals surface area contributed by atoms with Gasteiger partial charge in [0.2, 0.25) is 0 Å². The molecular weight excluding hydrogens is 256 g/mol. The Morgan fingerprint density at radius 1 is 1.35 bits per heavy atom. The van der Waals surface area contributed by atoms with Gasteiger partial charge in [-0.15, -0.1) is 0 Å². The Balaban J connectivity index is 2.23. The lowest BCUT2D eigenvalue weighted by Crippen LogP contribution is -2.38. The highest BCUT2D eigenvalue weighted by Crippen LogP contribution is 2.32. The van der Waals surface area contributed by atoms with Crippen LogP contribution < -0.4 is 9.47 Å². The summed E-state index contributed by atoms with van der Waals surface area (Å²) in [6.07, 6.45) is 0. The molecule has 1 aromatic rings. The van der Waals surface area contributed by atoms with E-state index in [0.717, 1.165) is 18.7 Å². The van der Waals surface area contributed by atoms with Gasteiger partial charge in [-0.05, 0) is 24.6 Å². The van der Waals surface area contributed by atoms with Crippen molar-refractivity contribution in [2.75, 3.05) is 40.0 Å². The maximum Gasteiger partial charge on any atom is 0.161 e. The molecule has 5 nitrogen and oxygen atoms in total. The number of nitriles is 1. The van der Waals surface area contributed by atoms with Gasteiger partial charge in [0.05, 0.1) is 33.0 Å². The van der Waals surface area contributed by atoms with Gasteiger partial charge < -0.3 is 14.2 Å². The van der Waals surface area contributed by atoms with Gasteiger partial charge in [0.25, 0.3) is 0 Å². The summed E-state index contributed by atoms with van der Waals surface area (Å²) in [6.45, 7) is 5.40. The highest BCUT2D eigenvalue weighted by molar-refractivity contribution is 5.44. The zero-order valence-corrected chi connectivity index (χ0v) is 12.0. The van der Waals surface area contributed by atoms with Gasteiger partial charge in [-0.2, -0.15) is 5.26 Å². The molecule has 0 unspecified atom stereocenters. The zero-order chi connectivity index (χ0) is 14.4. The minimum Gasteiger partial charge on any atom is -0.493 e. The monoisotopic (exact) mass is 276 g/mol. The van der Waals surface area contributed by atoms with Crippen LogP contribution in [0.4, 0.5) is 0 Å². The van der Waals surface area contributed by atoms with Crippen LogP contribution in [0.25, 0.3) is 0 Å². The van der Waals surface area contributed by atoms with Gasteiger partial charge in [0.1, 0.15) is 6.04 Å². The summed E-state index contributed by atoms with van der Waals surface area (Å²) in [5, 5.41) is 9.46. The molecule has 0 spiro atoms. The Kier molecular flexibility index (Phi) is 5.22. The van der Waals surface area contributed by atoms with Gasteiger partial charge >= 0.3 is 0 Å². The second-order valence-electron chi connectivity index (χ2n) is 4.52. The lowest BCUT2D eigenvalue weighted by molar-refractivity contribution is 0.0266. The largest absolute Gasteiger partial charge is 0.493 e. The van der Waals surface area contributed by atoms with Crippen molar-refractivity contribution < 1.29 is 14.2 Å². The molecule has 1 aliphatic heterocycles. The molecule has 0 amide bonds. The first-order valence-corrected chi connectivity index (χ1v) is 6.82. The maximum absolute atomic E-state index is 9.46. The molecule has 0 saturated carbocycles. The first-order chi connectivity index (χ1) is 9.80. The summed E-state index contributed by atoms with van der Waals surface area (Å²) in [6, 6.07) is 7.76. The number of nitrogens with zero attached hydrogens (tertiary/aromatic N) is 2. The van der Waals surface area contributed by atoms with E-state index in [1.165, 1.54) is 0 Å². The van der Waals surface area contributed by atoms with Crippen molar-refractivity contribution in [1.29, 1.82) is 5.26 Å². The van der Waals surface area contributed by atoms with Crippen molar-refractivity contribution in [3.05, 3.63) is 23.8 Å². The third kappa shape index (κ3) is 3.21. The quantitative estimate of drug-likeness (QED) is 0.823. The molecule has 0 radical (unpaired) electrons. The highest BCUT2D eigenvalue weighted by atomic mass is 16.5. The van der Waals surface area contributed by atoms with Crippen molar-refractivity contribution in [2.24, 2.45) is 0 Å². The van der Waals surface area contributed by atoms with Crippen LogP contribution in [-0.4, -0.2) is 44.9 Å². The fraction of sp³-hybridized carbons (Fsp3) is 0.533. The summed E-state index contributed by atoms with van der Waals surface area (Å²) >= 11 is 0. The molecule has 1 heterocycles. The van der Waals surface area contributed by atoms with Crippen LogP contribution in [0.5, 0.6) is 11.5 Å². The van der Waals surface area contributed by atoms with E-state index in [9.17, 15) is 5.26 Å². The van der Waals surface area contributed by atoms with E-state index >= 15 is 0 Å². The van der Waals surface area contributed by atoms with E-state index < -0.39 is 0 Å². The van der Waals surface area contributed by atoms with Crippen LogP contribution in [0, 0.1) is 11.3 Å². The van der Waals surface area contributed by atoms with Gasteiger partial charge in [0, 0.05) is 13.1 Å². The molecule has 0 aliphatic carbocycles. The Hall–Kier alpha value is -1.77. The van der Waals surface area contributed by atoms with Gasteiger partial charge in [-0.3, -0.25) is 4.90 Å². The van der Waals surface area contributed by atoms with E-state index in [1.807, 2.05) is 25.1 Å². The predicted molar refractivity (Wildman–Crippen MR) is 74.9 cm³/mol. The number of morpholine rings is 1. The number of methoxy groups -OCH3 is 1. The van der Waals surface area contributed by atoms with Gasteiger partial charge in [0.15, 0.2) is 11.5 Å². The van der Waals surface area contributed by atoms with Crippen molar-refractivity contribution >= 4 is 0 Å². The number of hydrogen-bond donors (Lipinski definition) is 0. The van der Waals surface area contributed by atoms with Gasteiger partial charge in [-0.25, -0.2) is 0 Å². The van der Waals surface area contributed by atoms with E-state index in [2.05, 4.69) is 11.0 Å². The maximum atomic E-state index is 9.46. The molecule has 2 rings (SSSR count). The molecule has 108 valence electrons. The molecule has 1 saturated heterocycles. The Labute approximate surface area is 119 Å². The molecule has 0 aromatic heterocycles. The summed E-state index contributed by atoms with van der Waals surface area (Å²) in [4.78, 5) is 2.12. The number of benzene rings is 1. The van der Waals surface area contributed by atoms with Gasteiger partial charge in [-0.1, -0.05) is 6.07 Å². The molecule has 1 aliphatic rings. The van der Waals surface area contributed by atoms with Crippen LogP contribution >= 0.6 is 0 Å². The van der Waals surface area contributed by atoms with Crippen LogP contribution in [0.1, 0.15) is 18.5 Å². The van der Waals surface area contributed by atoms with Crippen molar-refractivity contribution in [3.8, 4) is 17.6 Å².